The molecule has 5 nitrogen and oxygen atoms in total. The summed E-state index contributed by atoms with van der Waals surface area (Å²) >= 11 is 0. The lowest BCUT2D eigenvalue weighted by Crippen LogP contribution is -2.31. The number of ketones is 1. The topological polar surface area (TPSA) is 63.2 Å². The minimum atomic E-state index is -0.0532. The zero-order valence-corrected chi connectivity index (χ0v) is 20.2. The molecule has 172 valence electrons. The van der Waals surface area contributed by atoms with Crippen LogP contribution in [0.25, 0.3) is 11.1 Å². The smallest absolute Gasteiger partial charge is 0.227 e. The maximum Gasteiger partial charge on any atom is 0.227 e. The van der Waals surface area contributed by atoms with E-state index in [1.807, 2.05) is 52.8 Å². The van der Waals surface area contributed by atoms with E-state index in [4.69, 9.17) is 0 Å². The molecule has 0 bridgehead atoms. The van der Waals surface area contributed by atoms with E-state index in [-0.39, 0.29) is 23.5 Å². The maximum absolute atomic E-state index is 13.3. The summed E-state index contributed by atoms with van der Waals surface area (Å²) in [5.74, 6) is 0.305. The van der Waals surface area contributed by atoms with Gasteiger partial charge in [0.15, 0.2) is 5.78 Å². The van der Waals surface area contributed by atoms with E-state index in [1.54, 1.807) is 23.5 Å². The summed E-state index contributed by atoms with van der Waals surface area (Å²) in [4.78, 5) is 36.5. The lowest BCUT2D eigenvalue weighted by atomic mass is 9.94. The van der Waals surface area contributed by atoms with Gasteiger partial charge in [0.1, 0.15) is 0 Å². The van der Waals surface area contributed by atoms with Crippen LogP contribution >= 0.6 is 0 Å². The Morgan fingerprint density at radius 3 is 2.27 bits per heavy atom. The fraction of sp³-hybridized carbons (Fsp3) is 0.357. The van der Waals surface area contributed by atoms with Gasteiger partial charge in [-0.15, -0.1) is 0 Å². The Morgan fingerprint density at radius 1 is 0.939 bits per heavy atom. The van der Waals surface area contributed by atoms with Crippen LogP contribution in [0.4, 0.5) is 5.69 Å². The van der Waals surface area contributed by atoms with Crippen LogP contribution in [-0.2, 0) is 4.79 Å². The van der Waals surface area contributed by atoms with Crippen LogP contribution in [0.1, 0.15) is 68.1 Å². The van der Waals surface area contributed by atoms with Crippen LogP contribution in [-0.4, -0.2) is 28.2 Å². The first-order valence-corrected chi connectivity index (χ1v) is 11.6. The van der Waals surface area contributed by atoms with Gasteiger partial charge in [0.05, 0.1) is 5.69 Å². The fourth-order valence-corrected chi connectivity index (χ4v) is 3.87. The van der Waals surface area contributed by atoms with Gasteiger partial charge in [-0.2, -0.15) is 0 Å². The van der Waals surface area contributed by atoms with Gasteiger partial charge in [-0.25, -0.2) is 0 Å². The van der Waals surface area contributed by atoms with Crippen LogP contribution in [0, 0.1) is 12.8 Å². The number of carbonyl (C=O) groups is 2. The zero-order valence-electron chi connectivity index (χ0n) is 20.2. The summed E-state index contributed by atoms with van der Waals surface area (Å²) in [5, 5.41) is 0. The zero-order chi connectivity index (χ0) is 24.0. The van der Waals surface area contributed by atoms with E-state index in [9.17, 15) is 9.59 Å². The third-order valence-electron chi connectivity index (χ3n) is 5.72. The van der Waals surface area contributed by atoms with Gasteiger partial charge < -0.3 is 4.90 Å². The first-order chi connectivity index (χ1) is 15.8. The normalized spacial score (nSPS) is 11.9. The van der Waals surface area contributed by atoms with E-state index in [0.29, 0.717) is 24.9 Å². The van der Waals surface area contributed by atoms with E-state index < -0.39 is 0 Å². The number of carbonyl (C=O) groups excluding carboxylic acids is 2. The van der Waals surface area contributed by atoms with Crippen molar-refractivity contribution in [1.82, 2.24) is 9.97 Å². The first kappa shape index (κ1) is 24.3. The number of hydrogen-bond acceptors (Lipinski definition) is 4. The molecule has 0 saturated carbocycles. The maximum atomic E-state index is 13.3. The van der Waals surface area contributed by atoms with Crippen molar-refractivity contribution in [3.8, 4) is 11.1 Å². The molecule has 0 spiro atoms. The molecule has 5 heteroatoms. The molecule has 3 rings (SSSR count). The van der Waals surface area contributed by atoms with Crippen molar-refractivity contribution in [3.05, 3.63) is 77.9 Å². The number of aromatic nitrogens is 2. The molecule has 1 heterocycles. The van der Waals surface area contributed by atoms with Crippen molar-refractivity contribution >= 4 is 17.4 Å². The summed E-state index contributed by atoms with van der Waals surface area (Å²) in [6.07, 6.45) is 5.77. The second kappa shape index (κ2) is 11.0. The van der Waals surface area contributed by atoms with Gasteiger partial charge in [-0.1, -0.05) is 50.6 Å². The molecule has 0 saturated heterocycles. The van der Waals surface area contributed by atoms with Crippen molar-refractivity contribution in [2.24, 2.45) is 5.92 Å². The van der Waals surface area contributed by atoms with Crippen LogP contribution in [0.3, 0.4) is 0 Å². The number of anilines is 1. The molecule has 1 amide bonds. The fourth-order valence-electron chi connectivity index (χ4n) is 3.87. The molecule has 1 aromatic heterocycles. The minimum absolute atomic E-state index is 0.0238. The van der Waals surface area contributed by atoms with Gasteiger partial charge in [0.2, 0.25) is 5.91 Å². The Labute approximate surface area is 196 Å². The summed E-state index contributed by atoms with van der Waals surface area (Å²) < 4.78 is 0. The Morgan fingerprint density at radius 2 is 1.67 bits per heavy atom. The molecule has 1 unspecified atom stereocenters. The third kappa shape index (κ3) is 6.35. The first-order valence-electron chi connectivity index (χ1n) is 11.6. The Hall–Kier alpha value is -3.34. The van der Waals surface area contributed by atoms with E-state index in [0.717, 1.165) is 22.5 Å². The van der Waals surface area contributed by atoms with Gasteiger partial charge in [0.25, 0.3) is 0 Å². The molecule has 0 aliphatic rings. The Bertz CT molecular complexity index is 1090. The van der Waals surface area contributed by atoms with Crippen LogP contribution < -0.4 is 4.90 Å². The number of nitrogens with zero attached hydrogens (tertiary/aromatic N) is 3. The molecular formula is C28H33N3O2. The predicted molar refractivity (Wildman–Crippen MR) is 133 cm³/mol. The molecular weight excluding hydrogens is 410 g/mol. The van der Waals surface area contributed by atoms with Crippen LogP contribution in [0.5, 0.6) is 0 Å². The van der Waals surface area contributed by atoms with E-state index >= 15 is 0 Å². The number of hydrogen-bond donors (Lipinski definition) is 0. The van der Waals surface area contributed by atoms with Gasteiger partial charge in [-0.3, -0.25) is 19.6 Å². The lowest BCUT2D eigenvalue weighted by Gasteiger charge is -2.24. The summed E-state index contributed by atoms with van der Waals surface area (Å²) in [6.45, 7) is 10.6. The van der Waals surface area contributed by atoms with Crippen molar-refractivity contribution < 1.29 is 9.59 Å². The number of aryl methyl sites for hydroxylation is 1. The number of rotatable bonds is 9. The average molecular weight is 444 g/mol. The highest BCUT2D eigenvalue weighted by Crippen LogP contribution is 2.30. The number of benzene rings is 2. The van der Waals surface area contributed by atoms with Crippen molar-refractivity contribution in [3.63, 3.8) is 0 Å². The summed E-state index contributed by atoms with van der Waals surface area (Å²) in [7, 11) is 0. The number of amides is 1. The largest absolute Gasteiger partial charge is 0.313 e. The SMILES string of the molecule is CCN(C(=O)CC(C)C)c1cc(C(=O)CC(C)c2cnccn2)cc(-c2ccc(C)cc2)c1. The van der Waals surface area contributed by atoms with Crippen molar-refractivity contribution in [2.45, 2.75) is 53.4 Å². The Kier molecular flexibility index (Phi) is 8.10. The van der Waals surface area contributed by atoms with Gasteiger partial charge in [-0.05, 0) is 49.1 Å². The molecule has 2 aromatic carbocycles. The monoisotopic (exact) mass is 443 g/mol. The molecule has 33 heavy (non-hydrogen) atoms. The molecule has 0 fully saturated rings. The second-order valence-electron chi connectivity index (χ2n) is 9.03. The molecule has 1 atom stereocenters. The van der Waals surface area contributed by atoms with Crippen molar-refractivity contribution in [2.75, 3.05) is 11.4 Å². The lowest BCUT2D eigenvalue weighted by molar-refractivity contribution is -0.119. The van der Waals surface area contributed by atoms with Gasteiger partial charge >= 0.3 is 0 Å². The van der Waals surface area contributed by atoms with Gasteiger partial charge in [0, 0.05) is 55.1 Å². The van der Waals surface area contributed by atoms with Crippen molar-refractivity contribution in [1.29, 1.82) is 0 Å². The van der Waals surface area contributed by atoms with Crippen LogP contribution in [0.15, 0.2) is 61.1 Å². The standard InChI is InChI=1S/C28H33N3O2/c1-6-31(28(33)13-19(2)3)25-16-23(22-9-7-20(4)8-10-22)15-24(17-25)27(32)14-21(5)26-18-29-11-12-30-26/h7-12,15-19,21H,6,13-14H2,1-5H3. The predicted octanol–water partition coefficient (Wildman–Crippen LogP) is 6.23. The highest BCUT2D eigenvalue weighted by Gasteiger charge is 2.20. The molecule has 0 aliphatic carbocycles. The second-order valence-corrected chi connectivity index (χ2v) is 9.03. The number of Topliss-reactive ketones (excluding diaryl/α,β-unsaturated/α-hetero) is 1. The van der Waals surface area contributed by atoms with Crippen LogP contribution in [0.2, 0.25) is 0 Å². The third-order valence-corrected chi connectivity index (χ3v) is 5.72. The highest BCUT2D eigenvalue weighted by molar-refractivity contribution is 6.01. The molecule has 0 radical (unpaired) electrons. The van der Waals surface area contributed by atoms with E-state index in [1.165, 1.54) is 5.56 Å². The molecule has 3 aromatic rings. The quantitative estimate of drug-likeness (QED) is 0.368. The molecule has 0 aliphatic heterocycles. The summed E-state index contributed by atoms with van der Waals surface area (Å²) in [6, 6.07) is 14.0. The Balaban J connectivity index is 2.00. The minimum Gasteiger partial charge on any atom is -0.313 e. The summed E-state index contributed by atoms with van der Waals surface area (Å²) in [5.41, 5.74) is 5.28. The molecule has 0 N–H and O–H groups in total. The van der Waals surface area contributed by atoms with E-state index in [2.05, 4.69) is 34.2 Å². The highest BCUT2D eigenvalue weighted by atomic mass is 16.2. The average Bonchev–Trinajstić information content (AvgIpc) is 2.80.